The van der Waals surface area contributed by atoms with E-state index in [1.807, 2.05) is 52.9 Å². The molecule has 2 aromatic carbocycles. The van der Waals surface area contributed by atoms with E-state index < -0.39 is 24.1 Å². The molecule has 8 heteroatoms. The van der Waals surface area contributed by atoms with E-state index in [9.17, 15) is 14.4 Å². The number of esters is 2. The molecule has 0 aromatic heterocycles. The second kappa shape index (κ2) is 11.4. The highest BCUT2D eigenvalue weighted by Gasteiger charge is 2.27. The van der Waals surface area contributed by atoms with Crippen molar-refractivity contribution in [3.63, 3.8) is 0 Å². The number of alkyl halides is 1. The van der Waals surface area contributed by atoms with Crippen molar-refractivity contribution in [1.82, 2.24) is 5.32 Å². The molecule has 0 bridgehead atoms. The maximum atomic E-state index is 12.5. The quantitative estimate of drug-likeness (QED) is 0.249. The molecule has 0 aliphatic heterocycles. The summed E-state index contributed by atoms with van der Waals surface area (Å²) in [6, 6.07) is 14.3. The van der Waals surface area contributed by atoms with Gasteiger partial charge in [0.1, 0.15) is 23.0 Å². The summed E-state index contributed by atoms with van der Waals surface area (Å²) >= 11 is 1.93. The van der Waals surface area contributed by atoms with Gasteiger partial charge in [0.2, 0.25) is 0 Å². The van der Waals surface area contributed by atoms with E-state index in [0.29, 0.717) is 5.56 Å². The Bertz CT molecular complexity index is 823. The van der Waals surface area contributed by atoms with E-state index in [2.05, 4.69) is 5.32 Å². The zero-order valence-electron chi connectivity index (χ0n) is 16.1. The molecule has 1 amide bonds. The first-order valence-electron chi connectivity index (χ1n) is 8.92. The number of ether oxygens (including phenoxy) is 3. The molecule has 2 aromatic rings. The summed E-state index contributed by atoms with van der Waals surface area (Å²) in [5.41, 5.74) is 1.19. The van der Waals surface area contributed by atoms with Gasteiger partial charge in [-0.25, -0.2) is 14.4 Å². The van der Waals surface area contributed by atoms with Crippen molar-refractivity contribution < 1.29 is 28.6 Å². The minimum atomic E-state index is -0.887. The maximum Gasteiger partial charge on any atom is 0.408 e. The largest absolute Gasteiger partial charge is 0.451 e. The molecular weight excluding hydrogens is 489 g/mol. The Hall–Kier alpha value is -2.62. The van der Waals surface area contributed by atoms with Crippen LogP contribution < -0.4 is 10.1 Å². The number of benzene rings is 2. The Kier molecular flexibility index (Phi) is 8.91. The van der Waals surface area contributed by atoms with Gasteiger partial charge in [-0.2, -0.15) is 0 Å². The summed E-state index contributed by atoms with van der Waals surface area (Å²) in [6.07, 6.45) is -0.707. The third-order valence-corrected chi connectivity index (χ3v) is 4.21. The second-order valence-corrected chi connectivity index (χ2v) is 7.04. The van der Waals surface area contributed by atoms with Gasteiger partial charge in [-0.1, -0.05) is 44.2 Å². The van der Waals surface area contributed by atoms with Gasteiger partial charge >= 0.3 is 18.0 Å². The Labute approximate surface area is 182 Å². The first kappa shape index (κ1) is 22.7. The fraction of sp³-hybridized carbons (Fsp3) is 0.286. The monoisotopic (exact) mass is 511 g/mol. The molecule has 0 aliphatic rings. The first-order chi connectivity index (χ1) is 13.9. The van der Waals surface area contributed by atoms with Crippen LogP contribution in [0.3, 0.4) is 0 Å². The summed E-state index contributed by atoms with van der Waals surface area (Å²) in [7, 11) is 0. The predicted molar refractivity (Wildman–Crippen MR) is 115 cm³/mol. The third kappa shape index (κ3) is 7.37. The lowest BCUT2D eigenvalue weighted by molar-refractivity contribution is -0.137. The molecule has 29 heavy (non-hydrogen) atoms. The molecule has 0 unspecified atom stereocenters. The van der Waals surface area contributed by atoms with E-state index in [1.165, 1.54) is 24.3 Å². The van der Waals surface area contributed by atoms with E-state index in [4.69, 9.17) is 14.2 Å². The fourth-order valence-corrected chi connectivity index (χ4v) is 2.64. The van der Waals surface area contributed by atoms with Gasteiger partial charge < -0.3 is 19.5 Å². The van der Waals surface area contributed by atoms with Crippen molar-refractivity contribution >= 4 is 40.6 Å². The molecule has 0 fully saturated rings. The van der Waals surface area contributed by atoms with Crippen LogP contribution in [0.4, 0.5) is 4.79 Å². The smallest absolute Gasteiger partial charge is 0.408 e. The molecule has 0 saturated heterocycles. The number of carbonyl (C=O) groups is 3. The Morgan fingerprint density at radius 2 is 1.62 bits per heavy atom. The number of carbonyl (C=O) groups excluding carboxylic acids is 3. The SMILES string of the molecule is CC(C)[C@H](NC(=O)OCc1ccccc1)C(=O)Oc1ccc(C(=O)OCI)cc1. The predicted octanol–water partition coefficient (Wildman–Crippen LogP) is 4.09. The highest BCUT2D eigenvalue weighted by Crippen LogP contribution is 2.15. The van der Waals surface area contributed by atoms with E-state index >= 15 is 0 Å². The number of amides is 1. The fourth-order valence-electron chi connectivity index (χ4n) is 2.36. The summed E-state index contributed by atoms with van der Waals surface area (Å²) in [5, 5.41) is 2.54. The molecule has 1 N–H and O–H groups in total. The zero-order chi connectivity index (χ0) is 21.2. The van der Waals surface area contributed by atoms with Crippen molar-refractivity contribution in [1.29, 1.82) is 0 Å². The van der Waals surface area contributed by atoms with Gasteiger partial charge in [0.05, 0.1) is 5.56 Å². The van der Waals surface area contributed by atoms with Crippen molar-refractivity contribution in [2.75, 3.05) is 4.61 Å². The van der Waals surface area contributed by atoms with E-state index in [0.717, 1.165) is 5.56 Å². The van der Waals surface area contributed by atoms with Crippen molar-refractivity contribution in [3.8, 4) is 5.75 Å². The van der Waals surface area contributed by atoms with Crippen LogP contribution in [0.25, 0.3) is 0 Å². The van der Waals surface area contributed by atoms with Crippen molar-refractivity contribution in [3.05, 3.63) is 65.7 Å². The van der Waals surface area contributed by atoms with Gasteiger partial charge in [-0.15, -0.1) is 0 Å². The summed E-state index contributed by atoms with van der Waals surface area (Å²) < 4.78 is 15.6. The van der Waals surface area contributed by atoms with Gasteiger partial charge in [-0.3, -0.25) is 0 Å². The first-order valence-corrected chi connectivity index (χ1v) is 10.5. The highest BCUT2D eigenvalue weighted by molar-refractivity contribution is 14.1. The van der Waals surface area contributed by atoms with Crippen LogP contribution >= 0.6 is 22.6 Å². The van der Waals surface area contributed by atoms with Crippen LogP contribution in [0.5, 0.6) is 5.75 Å². The highest BCUT2D eigenvalue weighted by atomic mass is 127. The number of hydrogen-bond donors (Lipinski definition) is 1. The standard InChI is InChI=1S/C21H22INO6/c1-14(2)18(23-21(26)27-12-15-6-4-3-5-7-15)20(25)29-17-10-8-16(9-11-17)19(24)28-13-22/h3-11,14,18H,12-13H2,1-2H3,(H,23,26)/t18-/m0/s1. The minimum Gasteiger partial charge on any atom is -0.451 e. The van der Waals surface area contributed by atoms with Crippen molar-refractivity contribution in [2.45, 2.75) is 26.5 Å². The Balaban J connectivity index is 1.93. The van der Waals surface area contributed by atoms with Crippen LogP contribution in [-0.4, -0.2) is 28.7 Å². The van der Waals surface area contributed by atoms with Crippen LogP contribution in [0.1, 0.15) is 29.8 Å². The van der Waals surface area contributed by atoms with Gasteiger partial charge in [0, 0.05) is 0 Å². The maximum absolute atomic E-state index is 12.5. The number of hydrogen-bond acceptors (Lipinski definition) is 6. The number of halogens is 1. The third-order valence-electron chi connectivity index (χ3n) is 3.90. The molecule has 7 nitrogen and oxygen atoms in total. The topological polar surface area (TPSA) is 90.9 Å². The van der Waals surface area contributed by atoms with Gasteiger partial charge in [0.15, 0.2) is 0 Å². The summed E-state index contributed by atoms with van der Waals surface area (Å²) in [6.45, 7) is 3.67. The van der Waals surface area contributed by atoms with E-state index in [-0.39, 0.29) is 22.9 Å². The summed E-state index contributed by atoms with van der Waals surface area (Å²) in [5.74, 6) is -1.05. The summed E-state index contributed by atoms with van der Waals surface area (Å²) in [4.78, 5) is 36.2. The van der Waals surface area contributed by atoms with Gasteiger partial charge in [-0.05, 0) is 58.3 Å². The minimum absolute atomic E-state index is 0.0985. The molecule has 0 spiro atoms. The van der Waals surface area contributed by atoms with Crippen LogP contribution in [0.2, 0.25) is 0 Å². The Morgan fingerprint density at radius 1 is 0.966 bits per heavy atom. The zero-order valence-corrected chi connectivity index (χ0v) is 18.3. The van der Waals surface area contributed by atoms with Crippen LogP contribution in [-0.2, 0) is 20.9 Å². The molecule has 0 saturated carbocycles. The van der Waals surface area contributed by atoms with Crippen LogP contribution in [0, 0.1) is 5.92 Å². The van der Waals surface area contributed by atoms with E-state index in [1.54, 1.807) is 13.8 Å². The number of rotatable bonds is 8. The average Bonchev–Trinajstić information content (AvgIpc) is 2.71. The second-order valence-electron chi connectivity index (χ2n) is 6.41. The van der Waals surface area contributed by atoms with Crippen LogP contribution in [0.15, 0.2) is 54.6 Å². The lowest BCUT2D eigenvalue weighted by Crippen LogP contribution is -2.46. The van der Waals surface area contributed by atoms with Crippen molar-refractivity contribution in [2.24, 2.45) is 5.92 Å². The Morgan fingerprint density at radius 3 is 2.21 bits per heavy atom. The van der Waals surface area contributed by atoms with Gasteiger partial charge in [0.25, 0.3) is 0 Å². The molecule has 0 aliphatic carbocycles. The molecule has 1 atom stereocenters. The number of nitrogens with one attached hydrogen (secondary N) is 1. The molecular formula is C21H22INO6. The normalized spacial score (nSPS) is 11.4. The molecule has 154 valence electrons. The average molecular weight is 511 g/mol. The number of alkyl carbamates (subject to hydrolysis) is 1. The lowest BCUT2D eigenvalue weighted by atomic mass is 10.1. The molecule has 2 rings (SSSR count). The molecule has 0 heterocycles. The molecule has 0 radical (unpaired) electrons. The lowest BCUT2D eigenvalue weighted by Gasteiger charge is -2.20.